The van der Waals surface area contributed by atoms with Crippen molar-refractivity contribution in [2.45, 2.75) is 52.1 Å². The van der Waals surface area contributed by atoms with Crippen molar-refractivity contribution in [2.75, 3.05) is 11.9 Å². The Balaban J connectivity index is 1.86. The minimum absolute atomic E-state index is 0.177. The molecule has 0 radical (unpaired) electrons. The van der Waals surface area contributed by atoms with Crippen molar-refractivity contribution in [3.63, 3.8) is 0 Å². The molecule has 1 fully saturated rings. The molecular weight excluding hydrogens is 313 g/mol. The second-order valence-corrected chi connectivity index (χ2v) is 7.52. The highest BCUT2D eigenvalue weighted by atomic mass is 19.4. The highest BCUT2D eigenvalue weighted by molar-refractivity contribution is 5.71. The first-order chi connectivity index (χ1) is 11.3. The van der Waals surface area contributed by atoms with Crippen molar-refractivity contribution in [1.82, 2.24) is 4.98 Å². The van der Waals surface area contributed by atoms with Gasteiger partial charge in [0, 0.05) is 18.3 Å². The van der Waals surface area contributed by atoms with E-state index in [-0.39, 0.29) is 17.9 Å². The number of pyridine rings is 1. The van der Waals surface area contributed by atoms with E-state index in [2.05, 4.69) is 24.1 Å². The standard InChI is InChI=1S/C19H25F3N2/c1-12(2)10-23-18-7-6-15(11-24-18)16-8-13-4-3-5-14(13)9-17(16)19(20,21)22/h6-7,11-14H,3-5,8-10H2,1-2H3,(H,23,24). The molecule has 0 aromatic carbocycles. The first-order valence-corrected chi connectivity index (χ1v) is 8.84. The van der Waals surface area contributed by atoms with Crippen LogP contribution in [0.4, 0.5) is 19.0 Å². The van der Waals surface area contributed by atoms with E-state index in [1.165, 1.54) is 0 Å². The van der Waals surface area contributed by atoms with Gasteiger partial charge in [-0.15, -0.1) is 0 Å². The SMILES string of the molecule is CC(C)CNc1ccc(C2=C(C(F)(F)F)CC3CCCC3C2)cn1. The van der Waals surface area contributed by atoms with Gasteiger partial charge in [-0.1, -0.05) is 20.3 Å². The van der Waals surface area contributed by atoms with Crippen LogP contribution in [-0.2, 0) is 0 Å². The Kier molecular flexibility index (Phi) is 4.88. The molecule has 1 N–H and O–H groups in total. The van der Waals surface area contributed by atoms with Crippen LogP contribution in [0.15, 0.2) is 23.9 Å². The maximum atomic E-state index is 13.5. The lowest BCUT2D eigenvalue weighted by Crippen LogP contribution is -2.24. The van der Waals surface area contributed by atoms with E-state index in [0.717, 1.165) is 31.6 Å². The number of fused-ring (bicyclic) bond motifs is 1. The summed E-state index contributed by atoms with van der Waals surface area (Å²) in [5, 5.41) is 3.20. The second-order valence-electron chi connectivity index (χ2n) is 7.52. The third-order valence-electron chi connectivity index (χ3n) is 5.26. The maximum Gasteiger partial charge on any atom is 0.412 e. The summed E-state index contributed by atoms with van der Waals surface area (Å²) in [6.45, 7) is 5.00. The second kappa shape index (κ2) is 6.77. The van der Waals surface area contributed by atoms with E-state index in [9.17, 15) is 13.2 Å². The highest BCUT2D eigenvalue weighted by Gasteiger charge is 2.43. The van der Waals surface area contributed by atoms with Crippen LogP contribution >= 0.6 is 0 Å². The first-order valence-electron chi connectivity index (χ1n) is 8.84. The fourth-order valence-electron chi connectivity index (χ4n) is 3.99. The summed E-state index contributed by atoms with van der Waals surface area (Å²) in [7, 11) is 0. The van der Waals surface area contributed by atoms with Crippen LogP contribution < -0.4 is 5.32 Å². The fraction of sp³-hybridized carbons (Fsp3) is 0.632. The molecule has 24 heavy (non-hydrogen) atoms. The van der Waals surface area contributed by atoms with Crippen LogP contribution in [-0.4, -0.2) is 17.7 Å². The number of allylic oxidation sites excluding steroid dienone is 2. The topological polar surface area (TPSA) is 24.9 Å². The Labute approximate surface area is 141 Å². The normalized spacial score (nSPS) is 24.4. The van der Waals surface area contributed by atoms with Crippen LogP contribution in [0, 0.1) is 17.8 Å². The van der Waals surface area contributed by atoms with Gasteiger partial charge in [0.15, 0.2) is 0 Å². The summed E-state index contributed by atoms with van der Waals surface area (Å²) in [4.78, 5) is 4.32. The Morgan fingerprint density at radius 2 is 1.88 bits per heavy atom. The number of anilines is 1. The van der Waals surface area contributed by atoms with Gasteiger partial charge in [-0.3, -0.25) is 0 Å². The molecule has 0 bridgehead atoms. The lowest BCUT2D eigenvalue weighted by atomic mass is 9.76. The van der Waals surface area contributed by atoms with Gasteiger partial charge in [-0.05, 0) is 66.7 Å². The lowest BCUT2D eigenvalue weighted by molar-refractivity contribution is -0.0962. The van der Waals surface area contributed by atoms with Gasteiger partial charge in [0.2, 0.25) is 0 Å². The van der Waals surface area contributed by atoms with Crippen molar-refractivity contribution in [1.29, 1.82) is 0 Å². The molecule has 3 rings (SSSR count). The minimum atomic E-state index is -4.24. The van der Waals surface area contributed by atoms with Gasteiger partial charge in [0.05, 0.1) is 0 Å². The molecular formula is C19H25F3N2. The Hall–Kier alpha value is -1.52. The van der Waals surface area contributed by atoms with Crippen LogP contribution in [0.5, 0.6) is 0 Å². The molecule has 2 aliphatic rings. The highest BCUT2D eigenvalue weighted by Crippen LogP contribution is 2.51. The fourth-order valence-corrected chi connectivity index (χ4v) is 3.99. The molecule has 0 amide bonds. The molecule has 0 aliphatic heterocycles. The zero-order valence-corrected chi connectivity index (χ0v) is 14.3. The van der Waals surface area contributed by atoms with Gasteiger partial charge in [-0.2, -0.15) is 13.2 Å². The molecule has 5 heteroatoms. The zero-order valence-electron chi connectivity index (χ0n) is 14.3. The third-order valence-corrected chi connectivity index (χ3v) is 5.26. The molecule has 0 spiro atoms. The van der Waals surface area contributed by atoms with Crippen molar-refractivity contribution in [3.8, 4) is 0 Å². The third kappa shape index (κ3) is 3.76. The van der Waals surface area contributed by atoms with Crippen LogP contribution in [0.25, 0.3) is 5.57 Å². The van der Waals surface area contributed by atoms with Crippen molar-refractivity contribution >= 4 is 11.4 Å². The average Bonchev–Trinajstić information content (AvgIpc) is 2.99. The van der Waals surface area contributed by atoms with Crippen LogP contribution in [0.2, 0.25) is 0 Å². The molecule has 1 heterocycles. The molecule has 2 atom stereocenters. The zero-order chi connectivity index (χ0) is 17.3. The lowest BCUT2D eigenvalue weighted by Gasteiger charge is -2.31. The predicted molar refractivity (Wildman–Crippen MR) is 90.6 cm³/mol. The number of hydrogen-bond donors (Lipinski definition) is 1. The minimum Gasteiger partial charge on any atom is -0.370 e. The molecule has 0 saturated heterocycles. The number of alkyl halides is 3. The van der Waals surface area contributed by atoms with E-state index in [1.54, 1.807) is 18.3 Å². The summed E-state index contributed by atoms with van der Waals surface area (Å²) in [5.41, 5.74) is 0.770. The monoisotopic (exact) mass is 338 g/mol. The molecule has 1 aromatic rings. The van der Waals surface area contributed by atoms with Crippen molar-refractivity contribution in [2.24, 2.45) is 17.8 Å². The maximum absolute atomic E-state index is 13.5. The molecule has 2 aliphatic carbocycles. The predicted octanol–water partition coefficient (Wildman–Crippen LogP) is 5.68. The Morgan fingerprint density at radius 1 is 1.17 bits per heavy atom. The number of hydrogen-bond acceptors (Lipinski definition) is 2. The number of nitrogens with one attached hydrogen (secondary N) is 1. The van der Waals surface area contributed by atoms with E-state index < -0.39 is 6.18 Å². The largest absolute Gasteiger partial charge is 0.412 e. The Morgan fingerprint density at radius 3 is 2.46 bits per heavy atom. The Bertz CT molecular complexity index is 602. The number of nitrogens with zero attached hydrogens (tertiary/aromatic N) is 1. The van der Waals surface area contributed by atoms with Crippen LogP contribution in [0.1, 0.15) is 51.5 Å². The first kappa shape index (κ1) is 17.3. The summed E-state index contributed by atoms with van der Waals surface area (Å²) < 4.78 is 40.6. The molecule has 2 unspecified atom stereocenters. The number of halogens is 3. The molecule has 2 nitrogen and oxygen atoms in total. The number of aromatic nitrogens is 1. The van der Waals surface area contributed by atoms with Crippen LogP contribution in [0.3, 0.4) is 0 Å². The summed E-state index contributed by atoms with van der Waals surface area (Å²) in [6, 6.07) is 3.57. The van der Waals surface area contributed by atoms with Gasteiger partial charge in [0.25, 0.3) is 0 Å². The van der Waals surface area contributed by atoms with E-state index >= 15 is 0 Å². The number of rotatable bonds is 4. The van der Waals surface area contributed by atoms with E-state index in [4.69, 9.17) is 0 Å². The average molecular weight is 338 g/mol. The summed E-state index contributed by atoms with van der Waals surface area (Å²) in [6.07, 6.45) is 1.13. The quantitative estimate of drug-likeness (QED) is 0.764. The van der Waals surface area contributed by atoms with Crippen molar-refractivity contribution in [3.05, 3.63) is 29.5 Å². The van der Waals surface area contributed by atoms with Gasteiger partial charge in [-0.25, -0.2) is 4.98 Å². The summed E-state index contributed by atoms with van der Waals surface area (Å²) >= 11 is 0. The van der Waals surface area contributed by atoms with Gasteiger partial charge >= 0.3 is 6.18 Å². The van der Waals surface area contributed by atoms with Gasteiger partial charge in [0.1, 0.15) is 5.82 Å². The van der Waals surface area contributed by atoms with Crippen molar-refractivity contribution < 1.29 is 13.2 Å². The molecule has 1 saturated carbocycles. The van der Waals surface area contributed by atoms with Gasteiger partial charge < -0.3 is 5.32 Å². The molecule has 1 aromatic heterocycles. The van der Waals surface area contributed by atoms with E-state index in [1.807, 2.05) is 0 Å². The molecule has 132 valence electrons. The smallest absolute Gasteiger partial charge is 0.370 e. The summed E-state index contributed by atoms with van der Waals surface area (Å²) in [5.74, 6) is 1.83. The van der Waals surface area contributed by atoms with E-state index in [0.29, 0.717) is 29.4 Å².